The highest BCUT2D eigenvalue weighted by molar-refractivity contribution is 4.89. The maximum Gasteiger partial charge on any atom is 0.0594 e. The first kappa shape index (κ1) is 11.9. The van der Waals surface area contributed by atoms with Crippen LogP contribution in [0.15, 0.2) is 0 Å². The van der Waals surface area contributed by atoms with Crippen molar-refractivity contribution in [1.82, 2.24) is 15.1 Å². The van der Waals surface area contributed by atoms with Gasteiger partial charge >= 0.3 is 0 Å². The van der Waals surface area contributed by atoms with Gasteiger partial charge in [-0.2, -0.15) is 0 Å². The molecular formula is C13H25N3O. The molecule has 3 fully saturated rings. The first-order valence-corrected chi connectivity index (χ1v) is 7.20. The molecule has 4 nitrogen and oxygen atoms in total. The monoisotopic (exact) mass is 239 g/mol. The molecule has 0 saturated carbocycles. The Balaban J connectivity index is 1.50. The molecule has 0 aromatic carbocycles. The second-order valence-electron chi connectivity index (χ2n) is 5.59. The number of morpholine rings is 1. The second-order valence-corrected chi connectivity index (χ2v) is 5.59. The smallest absolute Gasteiger partial charge is 0.0594 e. The normalized spacial score (nSPS) is 37.4. The quantitative estimate of drug-likeness (QED) is 0.742. The fraction of sp³-hybridized carbons (Fsp3) is 1.00. The summed E-state index contributed by atoms with van der Waals surface area (Å²) in [6, 6.07) is 1.59. The predicted molar refractivity (Wildman–Crippen MR) is 68.3 cm³/mol. The number of nitrogens with one attached hydrogen (secondary N) is 1. The zero-order valence-corrected chi connectivity index (χ0v) is 10.7. The Morgan fingerprint density at radius 3 is 2.59 bits per heavy atom. The Labute approximate surface area is 104 Å². The van der Waals surface area contributed by atoms with Gasteiger partial charge in [0.05, 0.1) is 13.2 Å². The fourth-order valence-electron chi connectivity index (χ4n) is 3.49. The van der Waals surface area contributed by atoms with E-state index >= 15 is 0 Å². The van der Waals surface area contributed by atoms with E-state index in [1.165, 1.54) is 45.4 Å². The van der Waals surface area contributed by atoms with Gasteiger partial charge in [-0.3, -0.25) is 9.80 Å². The van der Waals surface area contributed by atoms with Gasteiger partial charge in [0.2, 0.25) is 0 Å². The van der Waals surface area contributed by atoms with Gasteiger partial charge in [-0.15, -0.1) is 0 Å². The third-order valence-electron chi connectivity index (χ3n) is 4.54. The Morgan fingerprint density at radius 2 is 1.82 bits per heavy atom. The molecule has 0 bridgehead atoms. The van der Waals surface area contributed by atoms with Crippen LogP contribution in [0.3, 0.4) is 0 Å². The minimum atomic E-state index is 0.792. The third-order valence-corrected chi connectivity index (χ3v) is 4.54. The highest BCUT2D eigenvalue weighted by Gasteiger charge is 2.32. The summed E-state index contributed by atoms with van der Waals surface area (Å²) >= 11 is 0. The number of ether oxygens (including phenoxy) is 1. The molecule has 0 aromatic heterocycles. The van der Waals surface area contributed by atoms with Crippen LogP contribution in [-0.4, -0.2) is 74.4 Å². The zero-order valence-electron chi connectivity index (χ0n) is 10.7. The van der Waals surface area contributed by atoms with Crippen LogP contribution in [0.5, 0.6) is 0 Å². The van der Waals surface area contributed by atoms with Crippen LogP contribution in [0.4, 0.5) is 0 Å². The molecule has 3 saturated heterocycles. The molecule has 98 valence electrons. The van der Waals surface area contributed by atoms with E-state index in [4.69, 9.17) is 4.74 Å². The Hall–Kier alpha value is -0.160. The van der Waals surface area contributed by atoms with Crippen LogP contribution in [-0.2, 0) is 4.74 Å². The van der Waals surface area contributed by atoms with E-state index in [1.54, 1.807) is 0 Å². The largest absolute Gasteiger partial charge is 0.379 e. The van der Waals surface area contributed by atoms with Crippen molar-refractivity contribution >= 4 is 0 Å². The highest BCUT2D eigenvalue weighted by atomic mass is 16.5. The predicted octanol–water partition coefficient (Wildman–Crippen LogP) is 0.145. The number of piperidine rings is 1. The lowest BCUT2D eigenvalue weighted by Crippen LogP contribution is -2.48. The van der Waals surface area contributed by atoms with Crippen molar-refractivity contribution in [1.29, 1.82) is 0 Å². The Bertz CT molecular complexity index is 213. The van der Waals surface area contributed by atoms with E-state index < -0.39 is 0 Å². The molecule has 17 heavy (non-hydrogen) atoms. The zero-order chi connectivity index (χ0) is 11.5. The number of hydrogen-bond donors (Lipinski definition) is 1. The van der Waals surface area contributed by atoms with Crippen molar-refractivity contribution < 1.29 is 4.74 Å². The van der Waals surface area contributed by atoms with Crippen LogP contribution < -0.4 is 5.32 Å². The van der Waals surface area contributed by atoms with Gasteiger partial charge in [-0.1, -0.05) is 0 Å². The summed E-state index contributed by atoms with van der Waals surface area (Å²) in [5, 5.41) is 3.53. The van der Waals surface area contributed by atoms with Gasteiger partial charge < -0.3 is 10.1 Å². The van der Waals surface area contributed by atoms with E-state index in [0.717, 1.165) is 38.4 Å². The molecule has 3 rings (SSSR count). The minimum Gasteiger partial charge on any atom is -0.379 e. The van der Waals surface area contributed by atoms with Crippen molar-refractivity contribution in [3.8, 4) is 0 Å². The summed E-state index contributed by atoms with van der Waals surface area (Å²) in [7, 11) is 0. The highest BCUT2D eigenvalue weighted by Crippen LogP contribution is 2.21. The Morgan fingerprint density at radius 1 is 0.941 bits per heavy atom. The molecule has 2 unspecified atom stereocenters. The van der Waals surface area contributed by atoms with E-state index in [-0.39, 0.29) is 0 Å². The molecule has 0 aliphatic carbocycles. The lowest BCUT2D eigenvalue weighted by molar-refractivity contribution is 0.0173. The third kappa shape index (κ3) is 2.81. The van der Waals surface area contributed by atoms with Gasteiger partial charge in [0.15, 0.2) is 0 Å². The number of nitrogens with zero attached hydrogens (tertiary/aromatic N) is 2. The van der Waals surface area contributed by atoms with Gasteiger partial charge in [-0.25, -0.2) is 0 Å². The maximum absolute atomic E-state index is 5.44. The molecule has 3 aliphatic rings. The summed E-state index contributed by atoms with van der Waals surface area (Å²) in [5.74, 6) is 0. The molecule has 0 radical (unpaired) electrons. The van der Waals surface area contributed by atoms with E-state index in [1.807, 2.05) is 0 Å². The summed E-state index contributed by atoms with van der Waals surface area (Å²) < 4.78 is 5.44. The molecule has 3 heterocycles. The maximum atomic E-state index is 5.44. The average molecular weight is 239 g/mol. The lowest BCUT2D eigenvalue weighted by atomic mass is 10.1. The number of likely N-dealkylation sites (tertiary alicyclic amines) is 1. The van der Waals surface area contributed by atoms with E-state index in [2.05, 4.69) is 15.1 Å². The van der Waals surface area contributed by atoms with Crippen molar-refractivity contribution in [2.24, 2.45) is 0 Å². The summed E-state index contributed by atoms with van der Waals surface area (Å²) in [4.78, 5) is 5.35. The Kier molecular flexibility index (Phi) is 3.96. The van der Waals surface area contributed by atoms with Crippen LogP contribution >= 0.6 is 0 Å². The van der Waals surface area contributed by atoms with Crippen molar-refractivity contribution in [3.63, 3.8) is 0 Å². The molecule has 3 aliphatic heterocycles. The van der Waals surface area contributed by atoms with Crippen molar-refractivity contribution in [2.45, 2.75) is 31.3 Å². The molecule has 0 spiro atoms. The summed E-state index contributed by atoms with van der Waals surface area (Å²) in [6.07, 6.45) is 4.10. The summed E-state index contributed by atoms with van der Waals surface area (Å²) in [6.45, 7) is 9.15. The SMILES string of the molecule is C1CNCC(N2CCC(N3CCOCC3)C2)C1. The number of hydrogen-bond acceptors (Lipinski definition) is 4. The van der Waals surface area contributed by atoms with Crippen LogP contribution in [0.25, 0.3) is 0 Å². The molecule has 2 atom stereocenters. The van der Waals surface area contributed by atoms with Gasteiger partial charge in [-0.05, 0) is 25.8 Å². The van der Waals surface area contributed by atoms with Crippen LogP contribution in [0.1, 0.15) is 19.3 Å². The topological polar surface area (TPSA) is 27.7 Å². The molecule has 0 amide bonds. The molecule has 0 aromatic rings. The second kappa shape index (κ2) is 5.65. The van der Waals surface area contributed by atoms with Gasteiger partial charge in [0, 0.05) is 44.8 Å². The summed E-state index contributed by atoms with van der Waals surface area (Å²) in [5.41, 5.74) is 0. The van der Waals surface area contributed by atoms with Crippen molar-refractivity contribution in [2.75, 3.05) is 52.5 Å². The van der Waals surface area contributed by atoms with Gasteiger partial charge in [0.1, 0.15) is 0 Å². The van der Waals surface area contributed by atoms with Gasteiger partial charge in [0.25, 0.3) is 0 Å². The van der Waals surface area contributed by atoms with E-state index in [0.29, 0.717) is 0 Å². The first-order valence-electron chi connectivity index (χ1n) is 7.20. The molecule has 1 N–H and O–H groups in total. The fourth-order valence-corrected chi connectivity index (χ4v) is 3.49. The number of rotatable bonds is 2. The van der Waals surface area contributed by atoms with Crippen LogP contribution in [0.2, 0.25) is 0 Å². The van der Waals surface area contributed by atoms with Crippen LogP contribution in [0, 0.1) is 0 Å². The average Bonchev–Trinajstić information content (AvgIpc) is 2.90. The van der Waals surface area contributed by atoms with Crippen molar-refractivity contribution in [3.05, 3.63) is 0 Å². The van der Waals surface area contributed by atoms with E-state index in [9.17, 15) is 0 Å². The standard InChI is InChI=1S/C13H25N3O/c1-2-12(10-14-4-1)16-5-3-13(11-16)15-6-8-17-9-7-15/h12-14H,1-11H2. The first-order chi connectivity index (χ1) is 8.43. The molecular weight excluding hydrogens is 214 g/mol. The molecule has 4 heteroatoms. The minimum absolute atomic E-state index is 0.792. The lowest BCUT2D eigenvalue weighted by Gasteiger charge is -2.34.